The molecule has 2 aromatic rings. The number of nitrogens with one attached hydrogen (secondary N) is 1. The third kappa shape index (κ3) is 4.15. The molecule has 0 aliphatic heterocycles. The van der Waals surface area contributed by atoms with E-state index >= 15 is 0 Å². The number of halogens is 2. The molecule has 0 bridgehead atoms. The smallest absolute Gasteiger partial charge is 0.337 e. The van der Waals surface area contributed by atoms with Gasteiger partial charge in [0.25, 0.3) is 0 Å². The Morgan fingerprint density at radius 1 is 1.32 bits per heavy atom. The van der Waals surface area contributed by atoms with Crippen LogP contribution in [0.2, 0.25) is 5.02 Å². The van der Waals surface area contributed by atoms with Crippen molar-refractivity contribution >= 4 is 39.2 Å². The first kappa shape index (κ1) is 16.6. The molecular formula is C16H15BrClNO3. The van der Waals surface area contributed by atoms with Gasteiger partial charge in [-0.15, -0.1) is 0 Å². The van der Waals surface area contributed by atoms with Gasteiger partial charge >= 0.3 is 5.97 Å². The molecule has 6 heteroatoms. The first-order valence-electron chi connectivity index (χ1n) is 6.69. The van der Waals surface area contributed by atoms with Gasteiger partial charge in [0, 0.05) is 22.3 Å². The number of benzene rings is 2. The highest BCUT2D eigenvalue weighted by molar-refractivity contribution is 9.10. The lowest BCUT2D eigenvalue weighted by atomic mass is 10.1. The lowest BCUT2D eigenvalue weighted by molar-refractivity contribution is 0.0697. The van der Waals surface area contributed by atoms with Gasteiger partial charge < -0.3 is 15.2 Å². The van der Waals surface area contributed by atoms with Crippen LogP contribution in [0.1, 0.15) is 22.8 Å². The van der Waals surface area contributed by atoms with E-state index in [1.54, 1.807) is 12.1 Å². The molecule has 2 rings (SSSR count). The number of anilines is 1. The van der Waals surface area contributed by atoms with Crippen LogP contribution in [0.15, 0.2) is 40.9 Å². The van der Waals surface area contributed by atoms with E-state index in [1.807, 2.05) is 25.1 Å². The number of rotatable bonds is 6. The minimum atomic E-state index is -1.05. The molecule has 0 radical (unpaired) electrons. The van der Waals surface area contributed by atoms with Crippen molar-refractivity contribution in [3.8, 4) is 5.75 Å². The van der Waals surface area contributed by atoms with Crippen LogP contribution in [-0.2, 0) is 6.54 Å². The van der Waals surface area contributed by atoms with E-state index in [0.717, 1.165) is 15.8 Å². The molecule has 0 aromatic heterocycles. The Morgan fingerprint density at radius 3 is 2.77 bits per heavy atom. The topological polar surface area (TPSA) is 58.6 Å². The highest BCUT2D eigenvalue weighted by Crippen LogP contribution is 2.25. The third-order valence-electron chi connectivity index (χ3n) is 3.00. The van der Waals surface area contributed by atoms with Crippen LogP contribution in [0.3, 0.4) is 0 Å². The van der Waals surface area contributed by atoms with Gasteiger partial charge in [-0.2, -0.15) is 0 Å². The summed E-state index contributed by atoms with van der Waals surface area (Å²) in [7, 11) is 0. The fourth-order valence-corrected chi connectivity index (χ4v) is 2.59. The summed E-state index contributed by atoms with van der Waals surface area (Å²) >= 11 is 9.30. The zero-order chi connectivity index (χ0) is 16.1. The lowest BCUT2D eigenvalue weighted by Gasteiger charge is -2.13. The molecule has 0 aliphatic carbocycles. The number of hydrogen-bond donors (Lipinski definition) is 2. The lowest BCUT2D eigenvalue weighted by Crippen LogP contribution is -2.05. The predicted octanol–water partition coefficient (Wildman–Crippen LogP) is 4.81. The molecular weight excluding hydrogens is 370 g/mol. The van der Waals surface area contributed by atoms with Crippen LogP contribution < -0.4 is 10.1 Å². The highest BCUT2D eigenvalue weighted by atomic mass is 79.9. The van der Waals surface area contributed by atoms with Crippen molar-refractivity contribution in [1.29, 1.82) is 0 Å². The van der Waals surface area contributed by atoms with Crippen molar-refractivity contribution in [2.24, 2.45) is 0 Å². The van der Waals surface area contributed by atoms with Crippen LogP contribution in [0.4, 0.5) is 5.69 Å². The molecule has 0 atom stereocenters. The van der Waals surface area contributed by atoms with E-state index in [9.17, 15) is 4.79 Å². The molecule has 0 heterocycles. The van der Waals surface area contributed by atoms with Gasteiger partial charge in [0.1, 0.15) is 5.75 Å². The van der Waals surface area contributed by atoms with Gasteiger partial charge in [0.2, 0.25) is 0 Å². The quantitative estimate of drug-likeness (QED) is 0.750. The van der Waals surface area contributed by atoms with Crippen molar-refractivity contribution in [2.75, 3.05) is 11.9 Å². The Morgan fingerprint density at radius 2 is 2.09 bits per heavy atom. The van der Waals surface area contributed by atoms with Crippen LogP contribution in [-0.4, -0.2) is 17.7 Å². The van der Waals surface area contributed by atoms with Crippen molar-refractivity contribution in [2.45, 2.75) is 13.5 Å². The maximum absolute atomic E-state index is 11.1. The molecule has 0 spiro atoms. The summed E-state index contributed by atoms with van der Waals surface area (Å²) in [6.45, 7) is 3.02. The van der Waals surface area contributed by atoms with Crippen molar-refractivity contribution in [3.05, 3.63) is 57.0 Å². The molecule has 22 heavy (non-hydrogen) atoms. The zero-order valence-corrected chi connectivity index (χ0v) is 14.2. The van der Waals surface area contributed by atoms with Gasteiger partial charge in [0.05, 0.1) is 17.2 Å². The summed E-state index contributed by atoms with van der Waals surface area (Å²) in [4.78, 5) is 11.1. The van der Waals surface area contributed by atoms with Crippen LogP contribution >= 0.6 is 27.5 Å². The standard InChI is InChI=1S/C16H15BrClNO3/c1-2-22-15-6-3-11(17)7-10(15)9-19-12-4-5-14(18)13(8-12)16(20)21/h3-8,19H,2,9H2,1H3,(H,20,21). The van der Waals surface area contributed by atoms with Gasteiger partial charge in [-0.1, -0.05) is 27.5 Å². The van der Waals surface area contributed by atoms with E-state index in [4.69, 9.17) is 21.4 Å². The largest absolute Gasteiger partial charge is 0.494 e. The minimum absolute atomic E-state index is 0.0749. The number of aromatic carboxylic acids is 1. The van der Waals surface area contributed by atoms with Gasteiger partial charge in [-0.05, 0) is 43.3 Å². The first-order valence-corrected chi connectivity index (χ1v) is 7.86. The number of carboxylic acids is 1. The zero-order valence-electron chi connectivity index (χ0n) is 11.9. The monoisotopic (exact) mass is 383 g/mol. The number of hydrogen-bond acceptors (Lipinski definition) is 3. The molecule has 0 saturated heterocycles. The van der Waals surface area contributed by atoms with E-state index in [0.29, 0.717) is 18.8 Å². The molecule has 0 unspecified atom stereocenters. The second-order valence-electron chi connectivity index (χ2n) is 4.54. The third-order valence-corrected chi connectivity index (χ3v) is 3.82. The van der Waals surface area contributed by atoms with E-state index in [-0.39, 0.29) is 10.6 Å². The average molecular weight is 385 g/mol. The molecule has 2 N–H and O–H groups in total. The summed E-state index contributed by atoms with van der Waals surface area (Å²) in [6.07, 6.45) is 0. The Bertz CT molecular complexity index is 691. The summed E-state index contributed by atoms with van der Waals surface area (Å²) in [5.41, 5.74) is 1.73. The average Bonchev–Trinajstić information content (AvgIpc) is 2.48. The molecule has 0 amide bonds. The predicted molar refractivity (Wildman–Crippen MR) is 91.0 cm³/mol. The Balaban J connectivity index is 2.18. The normalized spacial score (nSPS) is 10.3. The fourth-order valence-electron chi connectivity index (χ4n) is 1.98. The number of carbonyl (C=O) groups is 1. The Kier molecular flexibility index (Phi) is 5.69. The van der Waals surface area contributed by atoms with Crippen LogP contribution in [0.5, 0.6) is 5.75 Å². The number of ether oxygens (including phenoxy) is 1. The molecule has 0 aliphatic rings. The van der Waals surface area contributed by atoms with Crippen molar-refractivity contribution < 1.29 is 14.6 Å². The Labute approximate surface area is 142 Å². The second-order valence-corrected chi connectivity index (χ2v) is 5.86. The highest BCUT2D eigenvalue weighted by Gasteiger charge is 2.10. The minimum Gasteiger partial charge on any atom is -0.494 e. The first-order chi connectivity index (χ1) is 10.5. The van der Waals surface area contributed by atoms with Gasteiger partial charge in [-0.25, -0.2) is 4.79 Å². The van der Waals surface area contributed by atoms with Gasteiger partial charge in [-0.3, -0.25) is 0 Å². The molecule has 0 saturated carbocycles. The fraction of sp³-hybridized carbons (Fsp3) is 0.188. The van der Waals surface area contributed by atoms with Crippen LogP contribution in [0.25, 0.3) is 0 Å². The maximum Gasteiger partial charge on any atom is 0.337 e. The van der Waals surface area contributed by atoms with Crippen LogP contribution in [0, 0.1) is 0 Å². The van der Waals surface area contributed by atoms with Gasteiger partial charge in [0.15, 0.2) is 0 Å². The molecule has 116 valence electrons. The molecule has 2 aromatic carbocycles. The van der Waals surface area contributed by atoms with E-state index in [2.05, 4.69) is 21.2 Å². The summed E-state index contributed by atoms with van der Waals surface area (Å²) in [6, 6.07) is 10.6. The van der Waals surface area contributed by atoms with Crippen molar-refractivity contribution in [3.63, 3.8) is 0 Å². The van der Waals surface area contributed by atoms with E-state index < -0.39 is 5.97 Å². The number of carboxylic acid groups (broad SMARTS) is 1. The van der Waals surface area contributed by atoms with E-state index in [1.165, 1.54) is 6.07 Å². The SMILES string of the molecule is CCOc1ccc(Br)cc1CNc1ccc(Cl)c(C(=O)O)c1. The molecule has 4 nitrogen and oxygen atoms in total. The maximum atomic E-state index is 11.1. The second kappa shape index (κ2) is 7.51. The summed E-state index contributed by atoms with van der Waals surface area (Å²) in [5, 5.41) is 12.5. The Hall–Kier alpha value is -1.72. The summed E-state index contributed by atoms with van der Waals surface area (Å²) in [5.74, 6) is -0.253. The molecule has 0 fully saturated rings. The van der Waals surface area contributed by atoms with Crippen molar-refractivity contribution in [1.82, 2.24) is 0 Å². The summed E-state index contributed by atoms with van der Waals surface area (Å²) < 4.78 is 6.54.